The summed E-state index contributed by atoms with van der Waals surface area (Å²) in [6.07, 6.45) is 75.2. The number of ether oxygens (including phenoxy) is 3. The number of carbonyl (C=O) groups is 3. The smallest absolute Gasteiger partial charge is 0.306 e. The maximum absolute atomic E-state index is 12.9. The normalized spacial score (nSPS) is 12.0. The molecule has 6 nitrogen and oxygen atoms in total. The van der Waals surface area contributed by atoms with E-state index in [9.17, 15) is 14.4 Å². The molecule has 0 aliphatic heterocycles. The Morgan fingerprint density at radius 1 is 0.257 bits per heavy atom. The fourth-order valence-corrected chi connectivity index (χ4v) is 10.4. The number of unbranched alkanes of at least 4 members (excludes halogenated alkanes) is 50. The molecule has 0 rings (SSSR count). The Balaban J connectivity index is 4.16. The summed E-state index contributed by atoms with van der Waals surface area (Å²) in [4.78, 5) is 38.3. The van der Waals surface area contributed by atoms with Crippen molar-refractivity contribution < 1.29 is 28.6 Å². The maximum atomic E-state index is 12.9. The van der Waals surface area contributed by atoms with Crippen molar-refractivity contribution in [1.82, 2.24) is 0 Å². The van der Waals surface area contributed by atoms with Crippen LogP contribution in [0.25, 0.3) is 0 Å². The van der Waals surface area contributed by atoms with Crippen LogP contribution in [-0.4, -0.2) is 37.2 Å². The summed E-state index contributed by atoms with van der Waals surface area (Å²) in [5.74, 6) is -0.836. The van der Waals surface area contributed by atoms with E-state index in [1.54, 1.807) is 0 Å². The quantitative estimate of drug-likeness (QED) is 0.0261. The van der Waals surface area contributed by atoms with Gasteiger partial charge in [-0.1, -0.05) is 335 Å². The second-order valence-corrected chi connectivity index (χ2v) is 23.1. The monoisotopic (exact) mass is 1040 g/mol. The molecule has 438 valence electrons. The van der Waals surface area contributed by atoms with Gasteiger partial charge in [0, 0.05) is 19.3 Å². The van der Waals surface area contributed by atoms with E-state index in [1.807, 2.05) is 0 Å². The lowest BCUT2D eigenvalue weighted by atomic mass is 10.0. The molecule has 0 amide bonds. The van der Waals surface area contributed by atoms with E-state index in [2.05, 4.69) is 32.9 Å². The molecule has 74 heavy (non-hydrogen) atoms. The first kappa shape index (κ1) is 72.2. The fraction of sp³-hybridized carbons (Fsp3) is 0.926. The fourth-order valence-electron chi connectivity index (χ4n) is 10.4. The van der Waals surface area contributed by atoms with Gasteiger partial charge >= 0.3 is 17.9 Å². The van der Waals surface area contributed by atoms with E-state index < -0.39 is 6.10 Å². The first-order valence-corrected chi connectivity index (χ1v) is 33.7. The van der Waals surface area contributed by atoms with Crippen LogP contribution in [-0.2, 0) is 28.6 Å². The summed E-state index contributed by atoms with van der Waals surface area (Å²) in [6.45, 7) is 6.71. The molecule has 0 spiro atoms. The Hall–Kier alpha value is -1.85. The third-order valence-electron chi connectivity index (χ3n) is 15.5. The Morgan fingerprint density at radius 2 is 0.446 bits per heavy atom. The van der Waals surface area contributed by atoms with Crippen LogP contribution in [0.15, 0.2) is 12.2 Å². The van der Waals surface area contributed by atoms with Crippen LogP contribution in [0.5, 0.6) is 0 Å². The van der Waals surface area contributed by atoms with Crippen LogP contribution in [0.4, 0.5) is 0 Å². The number of allylic oxidation sites excluding steroid dienone is 2. The number of rotatable bonds is 63. The van der Waals surface area contributed by atoms with Crippen molar-refractivity contribution in [3.8, 4) is 0 Å². The van der Waals surface area contributed by atoms with Crippen molar-refractivity contribution in [2.45, 2.75) is 393 Å². The van der Waals surface area contributed by atoms with Crippen LogP contribution in [0.2, 0.25) is 0 Å². The van der Waals surface area contributed by atoms with Crippen LogP contribution in [0.1, 0.15) is 387 Å². The van der Waals surface area contributed by atoms with Gasteiger partial charge in [-0.3, -0.25) is 14.4 Å². The van der Waals surface area contributed by atoms with Crippen LogP contribution < -0.4 is 0 Å². The summed E-state index contributed by atoms with van der Waals surface area (Å²) >= 11 is 0. The lowest BCUT2D eigenvalue weighted by molar-refractivity contribution is -0.167. The maximum Gasteiger partial charge on any atom is 0.306 e. The molecule has 0 radical (unpaired) electrons. The summed E-state index contributed by atoms with van der Waals surface area (Å²) in [5, 5.41) is 0. The van der Waals surface area contributed by atoms with Crippen molar-refractivity contribution >= 4 is 17.9 Å². The van der Waals surface area contributed by atoms with E-state index in [0.717, 1.165) is 57.8 Å². The minimum absolute atomic E-state index is 0.0642. The highest BCUT2D eigenvalue weighted by atomic mass is 16.6. The lowest BCUT2D eigenvalue weighted by Crippen LogP contribution is -2.30. The minimum atomic E-state index is -0.766. The van der Waals surface area contributed by atoms with Crippen molar-refractivity contribution in [2.75, 3.05) is 13.2 Å². The number of hydrogen-bond donors (Lipinski definition) is 0. The molecule has 0 fully saturated rings. The third-order valence-corrected chi connectivity index (χ3v) is 15.5. The van der Waals surface area contributed by atoms with Crippen molar-refractivity contribution in [1.29, 1.82) is 0 Å². The first-order valence-electron chi connectivity index (χ1n) is 33.7. The summed E-state index contributed by atoms with van der Waals surface area (Å²) in [5.41, 5.74) is 0. The molecular formula is C68H130O6. The zero-order chi connectivity index (χ0) is 53.6. The Bertz CT molecular complexity index is 1150. The number of esters is 3. The topological polar surface area (TPSA) is 78.9 Å². The molecule has 0 aromatic heterocycles. The lowest BCUT2D eigenvalue weighted by Gasteiger charge is -2.18. The molecule has 0 saturated carbocycles. The van der Waals surface area contributed by atoms with Gasteiger partial charge in [-0.15, -0.1) is 0 Å². The highest BCUT2D eigenvalue weighted by molar-refractivity contribution is 5.71. The molecule has 1 atom stereocenters. The third kappa shape index (κ3) is 61.0. The van der Waals surface area contributed by atoms with Crippen LogP contribution in [0.3, 0.4) is 0 Å². The first-order chi connectivity index (χ1) is 36.5. The van der Waals surface area contributed by atoms with Crippen LogP contribution in [0, 0.1) is 0 Å². The van der Waals surface area contributed by atoms with Gasteiger partial charge in [0.2, 0.25) is 0 Å². The average molecular weight is 1040 g/mol. The zero-order valence-electron chi connectivity index (χ0n) is 50.4. The second kappa shape index (κ2) is 63.7. The molecule has 0 N–H and O–H groups in total. The van der Waals surface area contributed by atoms with E-state index in [4.69, 9.17) is 14.2 Å². The Labute approximate surface area is 462 Å². The molecule has 0 aromatic rings. The van der Waals surface area contributed by atoms with E-state index in [0.29, 0.717) is 19.3 Å². The van der Waals surface area contributed by atoms with Gasteiger partial charge in [0.1, 0.15) is 13.2 Å². The van der Waals surface area contributed by atoms with Gasteiger partial charge in [-0.25, -0.2) is 0 Å². The predicted octanol–water partition coefficient (Wildman–Crippen LogP) is 22.8. The Kier molecular flexibility index (Phi) is 62.1. The minimum Gasteiger partial charge on any atom is -0.462 e. The van der Waals surface area contributed by atoms with Crippen molar-refractivity contribution in [3.63, 3.8) is 0 Å². The highest BCUT2D eigenvalue weighted by Crippen LogP contribution is 2.19. The summed E-state index contributed by atoms with van der Waals surface area (Å²) in [7, 11) is 0. The standard InChI is InChI=1S/C68H130O6/c1-4-7-10-13-16-19-22-24-26-28-30-31-32-33-34-35-36-38-39-41-43-46-49-52-55-58-61-67(70)73-64-65(63-72-66(69)60-57-54-51-48-45-21-18-15-12-9-6-3)74-68(71)62-59-56-53-50-47-44-42-40-37-29-27-25-23-20-17-14-11-8-5-2/h25,27,65H,4-24,26,28-64H2,1-3H3/b27-25-. The van der Waals surface area contributed by atoms with Crippen molar-refractivity contribution in [3.05, 3.63) is 12.2 Å². The molecular weight excluding hydrogens is 913 g/mol. The largest absolute Gasteiger partial charge is 0.462 e. The molecule has 6 heteroatoms. The zero-order valence-corrected chi connectivity index (χ0v) is 50.4. The van der Waals surface area contributed by atoms with E-state index in [1.165, 1.54) is 289 Å². The average Bonchev–Trinajstić information content (AvgIpc) is 3.40. The summed E-state index contributed by atoms with van der Waals surface area (Å²) < 4.78 is 16.9. The number of hydrogen-bond acceptors (Lipinski definition) is 6. The molecule has 0 aromatic carbocycles. The highest BCUT2D eigenvalue weighted by Gasteiger charge is 2.19. The molecule has 0 heterocycles. The second-order valence-electron chi connectivity index (χ2n) is 23.1. The van der Waals surface area contributed by atoms with Gasteiger partial charge in [0.05, 0.1) is 0 Å². The van der Waals surface area contributed by atoms with E-state index in [-0.39, 0.29) is 31.1 Å². The molecule has 0 saturated heterocycles. The predicted molar refractivity (Wildman–Crippen MR) is 321 cm³/mol. The van der Waals surface area contributed by atoms with Gasteiger partial charge in [-0.05, 0) is 44.9 Å². The Morgan fingerprint density at radius 3 is 0.676 bits per heavy atom. The summed E-state index contributed by atoms with van der Waals surface area (Å²) in [6, 6.07) is 0. The molecule has 0 aliphatic carbocycles. The molecule has 1 unspecified atom stereocenters. The SMILES string of the molecule is CCCCCCCC/C=C\CCCCCCCCCCCC(=O)OC(COC(=O)CCCCCCCCCCCCC)COC(=O)CCCCCCCCCCCCCCCCCCCCCCCCCCCC. The van der Waals surface area contributed by atoms with E-state index >= 15 is 0 Å². The molecule has 0 bridgehead atoms. The van der Waals surface area contributed by atoms with Gasteiger partial charge in [-0.2, -0.15) is 0 Å². The van der Waals surface area contributed by atoms with Gasteiger partial charge in [0.15, 0.2) is 6.10 Å². The molecule has 0 aliphatic rings. The number of carbonyl (C=O) groups excluding carboxylic acids is 3. The van der Waals surface area contributed by atoms with Crippen molar-refractivity contribution in [2.24, 2.45) is 0 Å². The van der Waals surface area contributed by atoms with Crippen LogP contribution >= 0.6 is 0 Å². The van der Waals surface area contributed by atoms with Gasteiger partial charge in [0.25, 0.3) is 0 Å². The van der Waals surface area contributed by atoms with Gasteiger partial charge < -0.3 is 14.2 Å².